The average molecular weight is 321 g/mol. The van der Waals surface area contributed by atoms with Crippen LogP contribution in [0.4, 0.5) is 22.0 Å². The molecule has 0 rings (SSSR count). The molecule has 0 aromatic rings. The fraction of sp³-hybridized carbons (Fsp3) is 1.00. The summed E-state index contributed by atoms with van der Waals surface area (Å²) < 4.78 is 113. The normalized spacial score (nSPS) is 14.8. The number of nitrogens with one attached hydrogen (secondary N) is 1. The predicted octanol–water partition coefficient (Wildman–Crippen LogP) is -0.00880. The molecule has 0 saturated carbocycles. The van der Waals surface area contributed by atoms with E-state index in [4.69, 9.17) is 4.55 Å². The number of hydrogen-bond donors (Lipinski definition) is 2. The van der Waals surface area contributed by atoms with Gasteiger partial charge < -0.3 is 0 Å². The maximum atomic E-state index is 12.7. The summed E-state index contributed by atoms with van der Waals surface area (Å²) in [5.74, 6) is -6.76. The lowest BCUT2D eigenvalue weighted by Crippen LogP contribution is -2.53. The quantitative estimate of drug-likeness (QED) is 0.507. The Kier molecular flexibility index (Phi) is 5.07. The van der Waals surface area contributed by atoms with Crippen LogP contribution in [0, 0.1) is 0 Å². The molecule has 0 spiro atoms. The van der Waals surface area contributed by atoms with Crippen LogP contribution in [0.5, 0.6) is 0 Å². The van der Waals surface area contributed by atoms with Crippen LogP contribution < -0.4 is 4.72 Å². The monoisotopic (exact) mass is 321 g/mol. The molecule has 0 aromatic heterocycles. The summed E-state index contributed by atoms with van der Waals surface area (Å²) >= 11 is 0. The van der Waals surface area contributed by atoms with Crippen molar-refractivity contribution in [2.24, 2.45) is 0 Å². The van der Waals surface area contributed by atoms with Crippen LogP contribution in [0.25, 0.3) is 0 Å². The molecule has 2 N–H and O–H groups in total. The first-order valence-electron chi connectivity index (χ1n) is 4.03. The Morgan fingerprint density at radius 1 is 1.06 bits per heavy atom. The molecule has 0 atom stereocenters. The van der Waals surface area contributed by atoms with Gasteiger partial charge in [0.1, 0.15) is 0 Å². The number of sulfonamides is 1. The largest absolute Gasteiger partial charge is 0.423 e. The summed E-state index contributed by atoms with van der Waals surface area (Å²) in [4.78, 5) is 0. The molecule has 0 aromatic carbocycles. The maximum Gasteiger partial charge on any atom is 0.423 e. The first-order valence-corrected chi connectivity index (χ1v) is 7.12. The Balaban J connectivity index is 4.95. The van der Waals surface area contributed by atoms with Gasteiger partial charge in [0.25, 0.3) is 20.1 Å². The predicted molar refractivity (Wildman–Crippen MR) is 49.2 cm³/mol. The summed E-state index contributed by atoms with van der Waals surface area (Å²) in [6.45, 7) is -4.18. The Morgan fingerprint density at radius 2 is 1.50 bits per heavy atom. The van der Waals surface area contributed by atoms with Crippen molar-refractivity contribution in [3.8, 4) is 0 Å². The molecule has 0 fully saturated rings. The third kappa shape index (κ3) is 4.00. The van der Waals surface area contributed by atoms with Gasteiger partial charge in [-0.25, -0.2) is 17.5 Å². The van der Waals surface area contributed by atoms with Gasteiger partial charge in [0.05, 0.1) is 5.75 Å². The Labute approximate surface area is 99.0 Å². The van der Waals surface area contributed by atoms with Crippen molar-refractivity contribution in [2.45, 2.75) is 11.2 Å². The van der Waals surface area contributed by atoms with Crippen molar-refractivity contribution < 1.29 is 43.3 Å². The molecule has 0 radical (unpaired) electrons. The molecule has 13 heteroatoms. The van der Waals surface area contributed by atoms with Crippen molar-refractivity contribution in [2.75, 3.05) is 19.0 Å². The highest BCUT2D eigenvalue weighted by atomic mass is 32.2. The summed E-state index contributed by atoms with van der Waals surface area (Å²) in [6.07, 6.45) is 0. The third-order valence-electron chi connectivity index (χ3n) is 1.58. The van der Waals surface area contributed by atoms with Crippen molar-refractivity contribution >= 4 is 20.1 Å². The van der Waals surface area contributed by atoms with Crippen LogP contribution in [0.1, 0.15) is 0 Å². The minimum absolute atomic E-state index is 0.833. The van der Waals surface area contributed by atoms with E-state index >= 15 is 0 Å². The van der Waals surface area contributed by atoms with E-state index in [0.717, 1.165) is 4.72 Å². The first kappa shape index (κ1) is 17.5. The smallest absolute Gasteiger partial charge is 0.286 e. The molecule has 0 aliphatic heterocycles. The lowest BCUT2D eigenvalue weighted by Gasteiger charge is -2.23. The molecule has 0 aliphatic rings. The van der Waals surface area contributed by atoms with E-state index < -0.39 is 50.3 Å². The third-order valence-corrected chi connectivity index (χ3v) is 3.86. The molecule has 0 amide bonds. The summed E-state index contributed by atoms with van der Waals surface area (Å²) in [5, 5.41) is -5.76. The SMILES string of the molecule is O=S(=O)(O)CCNS(=O)(=O)C(F)(F)C(F)(F)CF. The fourth-order valence-electron chi connectivity index (χ4n) is 0.670. The minimum Gasteiger partial charge on any atom is -0.286 e. The molecule has 0 saturated heterocycles. The van der Waals surface area contributed by atoms with Gasteiger partial charge in [0.15, 0.2) is 6.67 Å². The van der Waals surface area contributed by atoms with Crippen LogP contribution in [0.15, 0.2) is 0 Å². The van der Waals surface area contributed by atoms with Gasteiger partial charge in [0.2, 0.25) is 0 Å². The lowest BCUT2D eigenvalue weighted by atomic mass is 10.4. The van der Waals surface area contributed by atoms with Gasteiger partial charge in [-0.15, -0.1) is 0 Å². The highest BCUT2D eigenvalue weighted by Gasteiger charge is 2.65. The van der Waals surface area contributed by atoms with E-state index in [1.165, 1.54) is 0 Å². The molecular weight excluding hydrogens is 313 g/mol. The van der Waals surface area contributed by atoms with E-state index in [0.29, 0.717) is 0 Å². The van der Waals surface area contributed by atoms with Crippen LogP contribution in [0.3, 0.4) is 0 Å². The van der Waals surface area contributed by atoms with Crippen molar-refractivity contribution in [1.29, 1.82) is 0 Å². The summed E-state index contributed by atoms with van der Waals surface area (Å²) in [6, 6.07) is 0. The first-order chi connectivity index (χ1) is 7.77. The number of halogens is 5. The molecular formula is C5H8F5NO5S2. The van der Waals surface area contributed by atoms with Crippen molar-refractivity contribution in [3.63, 3.8) is 0 Å². The van der Waals surface area contributed by atoms with Gasteiger partial charge in [-0.2, -0.15) is 26.0 Å². The summed E-state index contributed by atoms with van der Waals surface area (Å²) in [7, 11) is -10.7. The second kappa shape index (κ2) is 5.22. The zero-order valence-electron chi connectivity index (χ0n) is 8.41. The van der Waals surface area contributed by atoms with Crippen molar-refractivity contribution in [1.82, 2.24) is 4.72 Å². The van der Waals surface area contributed by atoms with E-state index in [1.807, 2.05) is 0 Å². The Bertz CT molecular complexity index is 486. The van der Waals surface area contributed by atoms with E-state index in [-0.39, 0.29) is 0 Å². The molecule has 18 heavy (non-hydrogen) atoms. The molecule has 0 bridgehead atoms. The van der Waals surface area contributed by atoms with E-state index in [2.05, 4.69) is 0 Å². The second-order valence-electron chi connectivity index (χ2n) is 3.04. The molecule has 110 valence electrons. The lowest BCUT2D eigenvalue weighted by molar-refractivity contribution is -0.166. The fourth-order valence-corrected chi connectivity index (χ4v) is 2.16. The van der Waals surface area contributed by atoms with Gasteiger partial charge in [-0.3, -0.25) is 4.55 Å². The van der Waals surface area contributed by atoms with Gasteiger partial charge in [0, 0.05) is 6.54 Å². The molecule has 6 nitrogen and oxygen atoms in total. The van der Waals surface area contributed by atoms with Crippen molar-refractivity contribution in [3.05, 3.63) is 0 Å². The van der Waals surface area contributed by atoms with Crippen LogP contribution in [0.2, 0.25) is 0 Å². The zero-order chi connectivity index (χ0) is 14.8. The maximum absolute atomic E-state index is 12.7. The highest BCUT2D eigenvalue weighted by Crippen LogP contribution is 2.38. The zero-order valence-corrected chi connectivity index (χ0v) is 10.0. The molecule has 0 heterocycles. The standard InChI is InChI=1S/C5H8F5NO5S2/c6-3-4(7,8)5(9,10)18(15,16)11-1-2-17(12,13)14/h11H,1-3H2,(H,12,13,14). The highest BCUT2D eigenvalue weighted by molar-refractivity contribution is 7.90. The summed E-state index contributed by atoms with van der Waals surface area (Å²) in [5.41, 5.74) is 0. The van der Waals surface area contributed by atoms with E-state index in [1.54, 1.807) is 0 Å². The Hall–Kier alpha value is -0.530. The van der Waals surface area contributed by atoms with Crippen LogP contribution in [-0.4, -0.2) is 51.5 Å². The van der Waals surface area contributed by atoms with E-state index in [9.17, 15) is 38.8 Å². The number of rotatable bonds is 7. The Morgan fingerprint density at radius 3 is 1.83 bits per heavy atom. The topological polar surface area (TPSA) is 101 Å². The van der Waals surface area contributed by atoms with Gasteiger partial charge in [-0.05, 0) is 0 Å². The van der Waals surface area contributed by atoms with Gasteiger partial charge in [-0.1, -0.05) is 0 Å². The second-order valence-corrected chi connectivity index (χ2v) is 6.42. The average Bonchev–Trinajstić information content (AvgIpc) is 2.14. The minimum atomic E-state index is -6.00. The molecule has 0 unspecified atom stereocenters. The number of alkyl halides is 5. The number of hydrogen-bond acceptors (Lipinski definition) is 4. The van der Waals surface area contributed by atoms with Gasteiger partial charge >= 0.3 is 11.2 Å². The van der Waals surface area contributed by atoms with Crippen LogP contribution >= 0.6 is 0 Å². The van der Waals surface area contributed by atoms with Crippen LogP contribution in [-0.2, 0) is 20.1 Å². The molecule has 0 aliphatic carbocycles.